The van der Waals surface area contributed by atoms with Gasteiger partial charge in [0.2, 0.25) is 0 Å². The first-order valence-corrected chi connectivity index (χ1v) is 7.00. The van der Waals surface area contributed by atoms with E-state index in [2.05, 4.69) is 29.8 Å². The van der Waals surface area contributed by atoms with Gasteiger partial charge in [-0.2, -0.15) is 0 Å². The van der Waals surface area contributed by atoms with Crippen LogP contribution in [-0.2, 0) is 4.74 Å². The van der Waals surface area contributed by atoms with Gasteiger partial charge in [0, 0.05) is 17.3 Å². The monoisotopic (exact) mass is 291 g/mol. The summed E-state index contributed by atoms with van der Waals surface area (Å²) in [5.41, 5.74) is 2.81. The number of hydrogen-bond acceptors (Lipinski definition) is 3. The molecule has 0 atom stereocenters. The Morgan fingerprint density at radius 1 is 1.05 bits per heavy atom. The molecule has 0 aliphatic rings. The smallest absolute Gasteiger partial charge is 0.145 e. The Kier molecular flexibility index (Phi) is 3.79. The summed E-state index contributed by atoms with van der Waals surface area (Å²) in [5, 5.41) is 2.23. The molecule has 3 heteroatoms. The van der Waals surface area contributed by atoms with Gasteiger partial charge in [-0.05, 0) is 29.0 Å². The van der Waals surface area contributed by atoms with Crippen molar-refractivity contribution in [3.05, 3.63) is 66.9 Å². The largest absolute Gasteiger partial charge is 0.497 e. The van der Waals surface area contributed by atoms with Gasteiger partial charge in [0.05, 0.1) is 14.2 Å². The Morgan fingerprint density at radius 3 is 2.68 bits per heavy atom. The maximum Gasteiger partial charge on any atom is 0.145 e. The quantitative estimate of drug-likeness (QED) is 0.662. The number of ether oxygens (including phenoxy) is 2. The normalized spacial score (nSPS) is 10.5. The molecule has 0 amide bonds. The van der Waals surface area contributed by atoms with E-state index in [1.165, 1.54) is 0 Å². The molecule has 110 valence electrons. The Balaban J connectivity index is 2.27. The van der Waals surface area contributed by atoms with E-state index in [-0.39, 0.29) is 0 Å². The molecule has 0 fully saturated rings. The maximum absolute atomic E-state index is 5.44. The molecule has 0 saturated heterocycles. The minimum atomic E-state index is 0.643. The van der Waals surface area contributed by atoms with Gasteiger partial charge in [-0.3, -0.25) is 4.98 Å². The fraction of sp³-hybridized carbons (Fsp3) is 0.105. The standard InChI is InChI=1S/C19H17NO2/c1-13(21-2)15-10-9-14-6-4-7-16(17(14)12-15)19-18(22-3)8-5-11-20-19/h4-12H,1H2,2-3H3. The van der Waals surface area contributed by atoms with Crippen molar-refractivity contribution in [2.75, 3.05) is 14.2 Å². The van der Waals surface area contributed by atoms with Crippen LogP contribution in [0, 0.1) is 0 Å². The number of pyridine rings is 1. The second-order valence-corrected chi connectivity index (χ2v) is 4.92. The fourth-order valence-corrected chi connectivity index (χ4v) is 2.53. The lowest BCUT2D eigenvalue weighted by atomic mass is 9.98. The highest BCUT2D eigenvalue weighted by Gasteiger charge is 2.11. The molecule has 3 aromatic rings. The molecule has 0 aliphatic heterocycles. The average molecular weight is 291 g/mol. The van der Waals surface area contributed by atoms with Gasteiger partial charge < -0.3 is 9.47 Å². The van der Waals surface area contributed by atoms with Gasteiger partial charge in [-0.25, -0.2) is 0 Å². The lowest BCUT2D eigenvalue weighted by molar-refractivity contribution is 0.371. The summed E-state index contributed by atoms with van der Waals surface area (Å²) in [4.78, 5) is 4.49. The van der Waals surface area contributed by atoms with E-state index >= 15 is 0 Å². The van der Waals surface area contributed by atoms with Crippen LogP contribution in [0.15, 0.2) is 61.3 Å². The zero-order valence-electron chi connectivity index (χ0n) is 12.7. The van der Waals surface area contributed by atoms with Gasteiger partial charge in [0.25, 0.3) is 0 Å². The van der Waals surface area contributed by atoms with Crippen LogP contribution < -0.4 is 4.74 Å². The zero-order valence-corrected chi connectivity index (χ0v) is 12.7. The van der Waals surface area contributed by atoms with Gasteiger partial charge in [0.1, 0.15) is 17.2 Å². The van der Waals surface area contributed by atoms with E-state index in [4.69, 9.17) is 9.47 Å². The van der Waals surface area contributed by atoms with Gasteiger partial charge >= 0.3 is 0 Å². The first-order valence-electron chi connectivity index (χ1n) is 7.00. The lowest BCUT2D eigenvalue weighted by Crippen LogP contribution is -1.92. The highest BCUT2D eigenvalue weighted by Crippen LogP contribution is 2.34. The number of rotatable bonds is 4. The van der Waals surface area contributed by atoms with Gasteiger partial charge in [0.15, 0.2) is 0 Å². The molecule has 0 unspecified atom stereocenters. The van der Waals surface area contributed by atoms with Crippen molar-refractivity contribution in [2.24, 2.45) is 0 Å². The van der Waals surface area contributed by atoms with E-state index in [0.717, 1.165) is 33.3 Å². The van der Waals surface area contributed by atoms with Crippen molar-refractivity contribution >= 4 is 16.5 Å². The molecule has 22 heavy (non-hydrogen) atoms. The van der Waals surface area contributed by atoms with Crippen LogP contribution >= 0.6 is 0 Å². The Morgan fingerprint density at radius 2 is 1.91 bits per heavy atom. The highest BCUT2D eigenvalue weighted by molar-refractivity contribution is 5.98. The minimum absolute atomic E-state index is 0.643. The second kappa shape index (κ2) is 5.90. The molecule has 0 N–H and O–H groups in total. The summed E-state index contributed by atoms with van der Waals surface area (Å²) in [6.07, 6.45) is 1.77. The molecular weight excluding hydrogens is 274 g/mol. The molecule has 0 bridgehead atoms. The molecule has 0 aliphatic carbocycles. The van der Waals surface area contributed by atoms with Crippen LogP contribution in [0.2, 0.25) is 0 Å². The van der Waals surface area contributed by atoms with Gasteiger partial charge in [-0.1, -0.05) is 36.9 Å². The SMILES string of the molecule is C=C(OC)c1ccc2cccc(-c3ncccc3OC)c2c1. The molecule has 0 radical (unpaired) electrons. The van der Waals surface area contributed by atoms with Crippen LogP contribution in [0.4, 0.5) is 0 Å². The van der Waals surface area contributed by atoms with E-state index in [0.29, 0.717) is 5.76 Å². The number of hydrogen-bond donors (Lipinski definition) is 0. The third kappa shape index (κ3) is 2.42. The van der Waals surface area contributed by atoms with Crippen molar-refractivity contribution in [3.8, 4) is 17.0 Å². The zero-order chi connectivity index (χ0) is 15.5. The summed E-state index contributed by atoms with van der Waals surface area (Å²) in [6.45, 7) is 3.92. The van der Waals surface area contributed by atoms with Crippen molar-refractivity contribution in [2.45, 2.75) is 0 Å². The molecule has 3 nitrogen and oxygen atoms in total. The number of fused-ring (bicyclic) bond motifs is 1. The predicted octanol–water partition coefficient (Wildman–Crippen LogP) is 4.53. The number of aromatic nitrogens is 1. The van der Waals surface area contributed by atoms with Crippen LogP contribution in [0.1, 0.15) is 5.56 Å². The minimum Gasteiger partial charge on any atom is -0.497 e. The molecule has 2 aromatic carbocycles. The average Bonchev–Trinajstić information content (AvgIpc) is 2.60. The Hall–Kier alpha value is -2.81. The summed E-state index contributed by atoms with van der Waals surface area (Å²) in [5.74, 6) is 1.40. The molecule has 3 rings (SSSR count). The number of nitrogens with zero attached hydrogens (tertiary/aromatic N) is 1. The predicted molar refractivity (Wildman–Crippen MR) is 89.8 cm³/mol. The van der Waals surface area contributed by atoms with Crippen LogP contribution in [0.25, 0.3) is 27.8 Å². The first-order chi connectivity index (χ1) is 10.7. The topological polar surface area (TPSA) is 31.4 Å². The highest BCUT2D eigenvalue weighted by atomic mass is 16.5. The number of methoxy groups -OCH3 is 2. The third-order valence-electron chi connectivity index (χ3n) is 3.70. The van der Waals surface area contributed by atoms with E-state index in [1.54, 1.807) is 20.4 Å². The van der Waals surface area contributed by atoms with E-state index in [1.807, 2.05) is 30.3 Å². The molecule has 1 aromatic heterocycles. The summed E-state index contributed by atoms with van der Waals surface area (Å²) < 4.78 is 10.7. The second-order valence-electron chi connectivity index (χ2n) is 4.92. The van der Waals surface area contributed by atoms with Crippen molar-refractivity contribution in [1.82, 2.24) is 4.98 Å². The molecule has 0 spiro atoms. The fourth-order valence-electron chi connectivity index (χ4n) is 2.53. The van der Waals surface area contributed by atoms with Crippen molar-refractivity contribution in [3.63, 3.8) is 0 Å². The van der Waals surface area contributed by atoms with E-state index < -0.39 is 0 Å². The molecule has 1 heterocycles. The van der Waals surface area contributed by atoms with Crippen LogP contribution in [0.5, 0.6) is 5.75 Å². The first kappa shape index (κ1) is 14.1. The maximum atomic E-state index is 5.44. The van der Waals surface area contributed by atoms with E-state index in [9.17, 15) is 0 Å². The van der Waals surface area contributed by atoms with Gasteiger partial charge in [-0.15, -0.1) is 0 Å². The van der Waals surface area contributed by atoms with Crippen molar-refractivity contribution < 1.29 is 9.47 Å². The lowest BCUT2D eigenvalue weighted by Gasteiger charge is -2.12. The Bertz CT molecular complexity index is 840. The Labute approximate surface area is 129 Å². The third-order valence-corrected chi connectivity index (χ3v) is 3.70. The van der Waals surface area contributed by atoms with Crippen molar-refractivity contribution in [1.29, 1.82) is 0 Å². The molecule has 0 saturated carbocycles. The summed E-state index contributed by atoms with van der Waals surface area (Å²) in [7, 11) is 3.28. The number of benzene rings is 2. The van der Waals surface area contributed by atoms with Crippen LogP contribution in [-0.4, -0.2) is 19.2 Å². The van der Waals surface area contributed by atoms with Crippen LogP contribution in [0.3, 0.4) is 0 Å². The summed E-state index contributed by atoms with van der Waals surface area (Å²) in [6, 6.07) is 16.1. The summed E-state index contributed by atoms with van der Waals surface area (Å²) >= 11 is 0. The molecular formula is C19H17NO2.